The van der Waals surface area contributed by atoms with E-state index in [1.54, 1.807) is 0 Å². The number of nitrogens with one attached hydrogen (secondary N) is 2. The summed E-state index contributed by atoms with van der Waals surface area (Å²) < 4.78 is 10.6. The van der Waals surface area contributed by atoms with Crippen molar-refractivity contribution >= 4 is 18.0 Å². The third-order valence-corrected chi connectivity index (χ3v) is 5.80. The second kappa shape index (κ2) is 10.2. The van der Waals surface area contributed by atoms with Crippen LogP contribution in [-0.2, 0) is 16.1 Å². The van der Waals surface area contributed by atoms with Crippen molar-refractivity contribution in [1.29, 1.82) is 0 Å². The lowest BCUT2D eigenvalue weighted by Gasteiger charge is -2.19. The Balaban J connectivity index is 1.36. The van der Waals surface area contributed by atoms with Crippen molar-refractivity contribution in [2.45, 2.75) is 38.3 Å². The first-order valence-electron chi connectivity index (χ1n) is 11.0. The van der Waals surface area contributed by atoms with Crippen molar-refractivity contribution in [1.82, 2.24) is 15.6 Å². The van der Waals surface area contributed by atoms with Crippen molar-refractivity contribution in [2.75, 3.05) is 6.61 Å². The zero-order valence-electron chi connectivity index (χ0n) is 18.6. The predicted octanol–water partition coefficient (Wildman–Crippen LogP) is 3.70. The molecule has 0 spiro atoms. The first kappa shape index (κ1) is 23.0. The number of rotatable bonds is 9. The number of hydrogen-bond acceptors (Lipinski definition) is 6. The van der Waals surface area contributed by atoms with Gasteiger partial charge in [0.15, 0.2) is 17.8 Å². The number of amides is 2. The number of oxazole rings is 1. The van der Waals surface area contributed by atoms with Crippen LogP contribution in [0.3, 0.4) is 0 Å². The zero-order chi connectivity index (χ0) is 24.1. The van der Waals surface area contributed by atoms with Crippen LogP contribution < -0.4 is 10.6 Å². The van der Waals surface area contributed by atoms with E-state index in [9.17, 15) is 14.4 Å². The number of carboxylic acid groups (broad SMARTS) is 1. The van der Waals surface area contributed by atoms with Crippen molar-refractivity contribution < 1.29 is 28.6 Å². The highest BCUT2D eigenvalue weighted by molar-refractivity contribution is 5.87. The lowest BCUT2D eigenvalue weighted by Crippen LogP contribution is -2.46. The van der Waals surface area contributed by atoms with Gasteiger partial charge in [-0.25, -0.2) is 14.6 Å². The molecule has 4 rings (SSSR count). The fraction of sp³-hybridized carbons (Fsp3) is 0.280. The summed E-state index contributed by atoms with van der Waals surface area (Å²) in [6, 6.07) is 15.2. The molecule has 0 fully saturated rings. The maximum Gasteiger partial charge on any atom is 0.407 e. The van der Waals surface area contributed by atoms with E-state index < -0.39 is 24.0 Å². The molecular formula is C25H25N3O6. The molecule has 2 aromatic carbocycles. The first-order chi connectivity index (χ1) is 16.5. The van der Waals surface area contributed by atoms with E-state index in [4.69, 9.17) is 14.3 Å². The molecule has 0 saturated carbocycles. The minimum Gasteiger partial charge on any atom is -0.476 e. The minimum atomic E-state index is -1.25. The van der Waals surface area contributed by atoms with Crippen LogP contribution in [0.4, 0.5) is 4.79 Å². The molecule has 9 nitrogen and oxygen atoms in total. The Morgan fingerprint density at radius 2 is 1.74 bits per heavy atom. The van der Waals surface area contributed by atoms with Crippen molar-refractivity contribution in [2.24, 2.45) is 0 Å². The SMILES string of the molecule is CCC[C@@H](NC(=O)OCC1c2ccccc2-c2ccccc21)C(=O)NCc1ocnc1C(=O)O. The number of carbonyl (C=O) groups is 3. The number of hydrogen-bond donors (Lipinski definition) is 3. The van der Waals surface area contributed by atoms with Crippen LogP contribution in [0.25, 0.3) is 11.1 Å². The Morgan fingerprint density at radius 3 is 2.35 bits per heavy atom. The van der Waals surface area contributed by atoms with Gasteiger partial charge in [0.25, 0.3) is 0 Å². The number of nitrogens with zero attached hydrogens (tertiary/aromatic N) is 1. The summed E-state index contributed by atoms with van der Waals surface area (Å²) in [5.41, 5.74) is 4.19. The molecule has 1 heterocycles. The Morgan fingerprint density at radius 1 is 1.09 bits per heavy atom. The molecule has 0 unspecified atom stereocenters. The van der Waals surface area contributed by atoms with Crippen molar-refractivity contribution in [3.8, 4) is 11.1 Å². The number of aromatic nitrogens is 1. The lowest BCUT2D eigenvalue weighted by molar-refractivity contribution is -0.123. The van der Waals surface area contributed by atoms with Crippen LogP contribution >= 0.6 is 0 Å². The van der Waals surface area contributed by atoms with Crippen LogP contribution in [-0.4, -0.2) is 40.7 Å². The number of benzene rings is 2. The topological polar surface area (TPSA) is 131 Å². The summed E-state index contributed by atoms with van der Waals surface area (Å²) >= 11 is 0. The third kappa shape index (κ3) is 4.78. The fourth-order valence-corrected chi connectivity index (χ4v) is 4.20. The van der Waals surface area contributed by atoms with Gasteiger partial charge in [-0.3, -0.25) is 4.79 Å². The smallest absolute Gasteiger partial charge is 0.407 e. The minimum absolute atomic E-state index is 0.0252. The molecule has 1 aliphatic rings. The normalized spacial score (nSPS) is 13.0. The predicted molar refractivity (Wildman–Crippen MR) is 122 cm³/mol. The van der Waals surface area contributed by atoms with Crippen LogP contribution in [0.1, 0.15) is 53.1 Å². The summed E-state index contributed by atoms with van der Waals surface area (Å²) in [5.74, 6) is -1.78. The van der Waals surface area contributed by atoms with Crippen molar-refractivity contribution in [3.05, 3.63) is 77.5 Å². The Labute approximate surface area is 196 Å². The maximum absolute atomic E-state index is 12.6. The largest absolute Gasteiger partial charge is 0.476 e. The Bertz CT molecular complexity index is 1160. The van der Waals surface area contributed by atoms with E-state index >= 15 is 0 Å². The van der Waals surface area contributed by atoms with Crippen molar-refractivity contribution in [3.63, 3.8) is 0 Å². The van der Waals surface area contributed by atoms with Crippen LogP contribution in [0.5, 0.6) is 0 Å². The van der Waals surface area contributed by atoms with Crippen LogP contribution in [0, 0.1) is 0 Å². The molecule has 3 aromatic rings. The van der Waals surface area contributed by atoms with Gasteiger partial charge in [-0.15, -0.1) is 0 Å². The molecule has 0 radical (unpaired) electrons. The average Bonchev–Trinajstić information content (AvgIpc) is 3.44. The number of fused-ring (bicyclic) bond motifs is 3. The summed E-state index contributed by atoms with van der Waals surface area (Å²) in [6.45, 7) is 1.87. The summed E-state index contributed by atoms with van der Waals surface area (Å²) in [6.07, 6.45) is 1.34. The van der Waals surface area contributed by atoms with Crippen LogP contribution in [0.2, 0.25) is 0 Å². The van der Waals surface area contributed by atoms with E-state index in [-0.39, 0.29) is 30.5 Å². The number of aromatic carboxylic acids is 1. The lowest BCUT2D eigenvalue weighted by atomic mass is 9.98. The average molecular weight is 463 g/mol. The van der Waals surface area contributed by atoms with Gasteiger partial charge in [0.05, 0.1) is 6.54 Å². The molecule has 3 N–H and O–H groups in total. The van der Waals surface area contributed by atoms with Gasteiger partial charge in [0, 0.05) is 5.92 Å². The van der Waals surface area contributed by atoms with Gasteiger partial charge >= 0.3 is 12.1 Å². The molecule has 0 aliphatic heterocycles. The highest BCUT2D eigenvalue weighted by atomic mass is 16.5. The van der Waals surface area contributed by atoms with E-state index in [1.165, 1.54) is 0 Å². The Hall–Kier alpha value is -4.14. The van der Waals surface area contributed by atoms with Gasteiger partial charge < -0.3 is 24.9 Å². The number of ether oxygens (including phenoxy) is 1. The van der Waals surface area contributed by atoms with Gasteiger partial charge in [0.1, 0.15) is 12.6 Å². The van der Waals surface area contributed by atoms with E-state index in [0.29, 0.717) is 12.8 Å². The molecule has 1 atom stereocenters. The highest BCUT2D eigenvalue weighted by Crippen LogP contribution is 2.44. The summed E-state index contributed by atoms with van der Waals surface area (Å²) in [5, 5.41) is 14.3. The fourth-order valence-electron chi connectivity index (χ4n) is 4.20. The molecule has 1 aliphatic carbocycles. The van der Waals surface area contributed by atoms with E-state index in [1.807, 2.05) is 43.3 Å². The molecule has 9 heteroatoms. The molecule has 0 bridgehead atoms. The highest BCUT2D eigenvalue weighted by Gasteiger charge is 2.30. The molecule has 34 heavy (non-hydrogen) atoms. The molecular weight excluding hydrogens is 438 g/mol. The van der Waals surface area contributed by atoms with Gasteiger partial charge in [0.2, 0.25) is 5.91 Å². The number of carbonyl (C=O) groups excluding carboxylic acids is 2. The summed E-state index contributed by atoms with van der Waals surface area (Å²) in [7, 11) is 0. The quantitative estimate of drug-likeness (QED) is 0.441. The number of alkyl carbamates (subject to hydrolysis) is 1. The maximum atomic E-state index is 12.6. The van der Waals surface area contributed by atoms with E-state index in [0.717, 1.165) is 28.6 Å². The number of carboxylic acids is 1. The summed E-state index contributed by atoms with van der Waals surface area (Å²) in [4.78, 5) is 40.0. The molecule has 2 amide bonds. The van der Waals surface area contributed by atoms with Gasteiger partial charge in [-0.1, -0.05) is 61.9 Å². The molecule has 176 valence electrons. The third-order valence-electron chi connectivity index (χ3n) is 5.80. The van der Waals surface area contributed by atoms with Gasteiger partial charge in [-0.2, -0.15) is 0 Å². The zero-order valence-corrected chi connectivity index (χ0v) is 18.6. The molecule has 0 saturated heterocycles. The monoisotopic (exact) mass is 463 g/mol. The second-order valence-corrected chi connectivity index (χ2v) is 7.96. The Kier molecular flexibility index (Phi) is 6.91. The standard InChI is InChI=1S/C25H25N3O6/c1-2-7-20(23(29)26-12-21-22(24(30)31)27-14-34-21)28-25(32)33-13-19-17-10-5-3-8-15(17)16-9-4-6-11-18(16)19/h3-6,8-11,14,19-20H,2,7,12-13H2,1H3,(H,26,29)(H,28,32)(H,30,31)/t20-/m1/s1. The first-order valence-corrected chi connectivity index (χ1v) is 11.0. The molecule has 1 aromatic heterocycles. The van der Waals surface area contributed by atoms with E-state index in [2.05, 4.69) is 27.8 Å². The second-order valence-electron chi connectivity index (χ2n) is 7.96. The van der Waals surface area contributed by atoms with Gasteiger partial charge in [-0.05, 0) is 28.7 Å². The van der Waals surface area contributed by atoms with Crippen LogP contribution in [0.15, 0.2) is 59.3 Å².